The van der Waals surface area contributed by atoms with E-state index >= 15 is 0 Å². The Morgan fingerprint density at radius 3 is 1.79 bits per heavy atom. The number of para-hydroxylation sites is 1. The van der Waals surface area contributed by atoms with Crippen LogP contribution in [0.4, 0.5) is 0 Å². The zero-order valence-corrected chi connectivity index (χ0v) is 31.4. The molecular formula is C54H35N3O. The number of nitrogens with one attached hydrogen (secondary N) is 1. The smallest absolute Gasteiger partial charge is 0.134 e. The van der Waals surface area contributed by atoms with E-state index in [-0.39, 0.29) is 6.04 Å². The monoisotopic (exact) mass is 741 g/mol. The van der Waals surface area contributed by atoms with E-state index in [1.165, 1.54) is 22.3 Å². The van der Waals surface area contributed by atoms with Crippen LogP contribution in [-0.2, 0) is 5.41 Å². The standard InChI is InChI=1S/C54H35N3O/c55-34-35-19-21-36(22-20-35)42-28-30-52-48(32-42)54(46-17-9-10-18-51(46)58-52)45-16-8-7-15-43(45)44-29-27-41(31-47(44)54)37-23-25-39(26-24-37)50-33-49(38-11-3-1-4-12-38)56-53(57-50)40-13-5-2-6-14-40/h1-33,50H,(H,56,57). The molecule has 2 aliphatic heterocycles. The molecule has 8 aromatic carbocycles. The van der Waals surface area contributed by atoms with Gasteiger partial charge in [-0.05, 0) is 98.1 Å². The van der Waals surface area contributed by atoms with Gasteiger partial charge in [0.25, 0.3) is 0 Å². The second kappa shape index (κ2) is 13.5. The van der Waals surface area contributed by atoms with Crippen LogP contribution in [0.1, 0.15) is 50.5 Å². The van der Waals surface area contributed by atoms with Crippen molar-refractivity contribution in [2.45, 2.75) is 11.5 Å². The van der Waals surface area contributed by atoms with Gasteiger partial charge in [-0.2, -0.15) is 5.26 Å². The molecule has 0 saturated heterocycles. The van der Waals surface area contributed by atoms with Crippen molar-refractivity contribution in [1.29, 1.82) is 5.26 Å². The van der Waals surface area contributed by atoms with E-state index in [0.29, 0.717) is 5.56 Å². The van der Waals surface area contributed by atoms with Gasteiger partial charge in [0, 0.05) is 16.7 Å². The lowest BCUT2D eigenvalue weighted by Crippen LogP contribution is -2.32. The summed E-state index contributed by atoms with van der Waals surface area (Å²) in [5.41, 5.74) is 15.9. The van der Waals surface area contributed by atoms with Gasteiger partial charge in [-0.3, -0.25) is 0 Å². The quantitative estimate of drug-likeness (QED) is 0.191. The molecule has 0 aromatic heterocycles. The zero-order valence-electron chi connectivity index (χ0n) is 31.4. The highest BCUT2D eigenvalue weighted by Gasteiger charge is 2.51. The first-order valence-corrected chi connectivity index (χ1v) is 19.6. The van der Waals surface area contributed by atoms with E-state index in [0.717, 1.165) is 73.1 Å². The molecule has 11 rings (SSSR count). The van der Waals surface area contributed by atoms with Crippen LogP contribution in [0.3, 0.4) is 0 Å². The number of hydrogen-bond donors (Lipinski definition) is 1. The lowest BCUT2D eigenvalue weighted by molar-refractivity contribution is 0.436. The molecule has 0 radical (unpaired) electrons. The molecule has 0 amide bonds. The highest BCUT2D eigenvalue weighted by Crippen LogP contribution is 2.62. The summed E-state index contributed by atoms with van der Waals surface area (Å²) < 4.78 is 6.72. The van der Waals surface area contributed by atoms with Crippen molar-refractivity contribution in [3.63, 3.8) is 0 Å². The Labute approximate surface area is 337 Å². The van der Waals surface area contributed by atoms with Crippen molar-refractivity contribution >= 4 is 11.5 Å². The van der Waals surface area contributed by atoms with Gasteiger partial charge < -0.3 is 10.1 Å². The fraction of sp³-hybridized carbons (Fsp3) is 0.0370. The molecule has 58 heavy (non-hydrogen) atoms. The van der Waals surface area contributed by atoms with Gasteiger partial charge in [-0.15, -0.1) is 0 Å². The molecule has 0 fully saturated rings. The number of fused-ring (bicyclic) bond motifs is 9. The Balaban J connectivity index is 1.03. The third-order valence-electron chi connectivity index (χ3n) is 11.9. The summed E-state index contributed by atoms with van der Waals surface area (Å²) in [7, 11) is 0. The normalized spacial score (nSPS) is 17.0. The minimum atomic E-state index is -0.619. The predicted octanol–water partition coefficient (Wildman–Crippen LogP) is 12.5. The van der Waals surface area contributed by atoms with E-state index in [2.05, 4.69) is 175 Å². The average molecular weight is 742 g/mol. The number of amidine groups is 1. The van der Waals surface area contributed by atoms with Crippen LogP contribution in [0.2, 0.25) is 0 Å². The third kappa shape index (κ3) is 5.33. The van der Waals surface area contributed by atoms with E-state index in [1.807, 2.05) is 36.4 Å². The maximum atomic E-state index is 9.48. The maximum Gasteiger partial charge on any atom is 0.134 e. The number of hydrogen-bond acceptors (Lipinski definition) is 4. The molecule has 4 nitrogen and oxygen atoms in total. The van der Waals surface area contributed by atoms with Gasteiger partial charge in [0.1, 0.15) is 17.3 Å². The van der Waals surface area contributed by atoms with Gasteiger partial charge in [0.05, 0.1) is 28.8 Å². The SMILES string of the molecule is N#Cc1ccc(-c2ccc3c(c2)C2(c4ccccc4O3)c3ccccc3-c3ccc(-c4ccc(C5C=C(c6ccccc6)N=C(c6ccccc6)N5)cc4)cc32)cc1. The first-order chi connectivity index (χ1) is 28.7. The molecule has 1 spiro atoms. The molecule has 8 aromatic rings. The first-order valence-electron chi connectivity index (χ1n) is 19.6. The van der Waals surface area contributed by atoms with Crippen molar-refractivity contribution in [2.24, 2.45) is 4.99 Å². The van der Waals surface area contributed by atoms with E-state index in [9.17, 15) is 5.26 Å². The van der Waals surface area contributed by atoms with Gasteiger partial charge >= 0.3 is 0 Å². The Hall–Kier alpha value is -7.74. The Bertz CT molecular complexity index is 3000. The van der Waals surface area contributed by atoms with E-state index < -0.39 is 5.41 Å². The van der Waals surface area contributed by atoms with Crippen LogP contribution in [0, 0.1) is 11.3 Å². The van der Waals surface area contributed by atoms with Gasteiger partial charge in [0.15, 0.2) is 0 Å². The molecule has 1 N–H and O–H groups in total. The molecule has 4 heteroatoms. The molecule has 272 valence electrons. The molecular weight excluding hydrogens is 707 g/mol. The predicted molar refractivity (Wildman–Crippen MR) is 233 cm³/mol. The average Bonchev–Trinajstić information content (AvgIpc) is 3.59. The van der Waals surface area contributed by atoms with Crippen molar-refractivity contribution in [2.75, 3.05) is 0 Å². The number of rotatable bonds is 5. The molecule has 2 unspecified atom stereocenters. The maximum absolute atomic E-state index is 9.48. The van der Waals surface area contributed by atoms with E-state index in [4.69, 9.17) is 9.73 Å². The second-order valence-electron chi connectivity index (χ2n) is 15.0. The summed E-state index contributed by atoms with van der Waals surface area (Å²) in [6, 6.07) is 70.5. The number of nitriles is 1. The van der Waals surface area contributed by atoms with E-state index in [1.54, 1.807) is 0 Å². The number of nitrogens with zero attached hydrogens (tertiary/aromatic N) is 2. The number of benzene rings is 8. The molecule has 3 aliphatic rings. The minimum absolute atomic E-state index is 0.0599. The van der Waals surface area contributed by atoms with Crippen molar-refractivity contribution in [3.05, 3.63) is 245 Å². The van der Waals surface area contributed by atoms with Crippen LogP contribution >= 0.6 is 0 Å². The summed E-state index contributed by atoms with van der Waals surface area (Å²) >= 11 is 0. The zero-order chi connectivity index (χ0) is 38.6. The Kier molecular flexibility index (Phi) is 7.80. The molecule has 0 bridgehead atoms. The highest BCUT2D eigenvalue weighted by molar-refractivity contribution is 6.03. The van der Waals surface area contributed by atoms with Crippen molar-refractivity contribution < 1.29 is 4.74 Å². The highest BCUT2D eigenvalue weighted by atomic mass is 16.5. The van der Waals surface area contributed by atoms with Crippen molar-refractivity contribution in [3.8, 4) is 50.9 Å². The molecule has 1 aliphatic carbocycles. The summed E-state index contributed by atoms with van der Waals surface area (Å²) in [4.78, 5) is 5.06. The summed E-state index contributed by atoms with van der Waals surface area (Å²) in [5, 5.41) is 13.2. The van der Waals surface area contributed by atoms with Crippen LogP contribution in [0.15, 0.2) is 205 Å². The largest absolute Gasteiger partial charge is 0.457 e. The fourth-order valence-corrected chi connectivity index (χ4v) is 9.11. The summed E-state index contributed by atoms with van der Waals surface area (Å²) in [6.07, 6.45) is 2.22. The Morgan fingerprint density at radius 2 is 1.05 bits per heavy atom. The van der Waals surface area contributed by atoms with Gasteiger partial charge in [0.2, 0.25) is 0 Å². The number of ether oxygens (including phenoxy) is 1. The minimum Gasteiger partial charge on any atom is -0.457 e. The molecule has 0 saturated carbocycles. The van der Waals surface area contributed by atoms with Crippen molar-refractivity contribution in [1.82, 2.24) is 5.32 Å². The van der Waals surface area contributed by atoms with Crippen LogP contribution in [0.25, 0.3) is 39.1 Å². The fourth-order valence-electron chi connectivity index (χ4n) is 9.11. The van der Waals surface area contributed by atoms with Crippen LogP contribution < -0.4 is 10.1 Å². The van der Waals surface area contributed by atoms with Gasteiger partial charge in [-0.25, -0.2) is 4.99 Å². The Morgan fingerprint density at radius 1 is 0.483 bits per heavy atom. The lowest BCUT2D eigenvalue weighted by Gasteiger charge is -2.39. The number of aliphatic imine (C=N–C) groups is 1. The first kappa shape index (κ1) is 33.6. The third-order valence-corrected chi connectivity index (χ3v) is 11.9. The molecule has 2 heterocycles. The van der Waals surface area contributed by atoms with Crippen LogP contribution in [0.5, 0.6) is 11.5 Å². The van der Waals surface area contributed by atoms with Crippen LogP contribution in [-0.4, -0.2) is 5.84 Å². The lowest BCUT2D eigenvalue weighted by atomic mass is 9.65. The molecule has 2 atom stereocenters. The second-order valence-corrected chi connectivity index (χ2v) is 15.0. The topological polar surface area (TPSA) is 57.4 Å². The summed E-state index contributed by atoms with van der Waals surface area (Å²) in [5.74, 6) is 2.56. The summed E-state index contributed by atoms with van der Waals surface area (Å²) in [6.45, 7) is 0. The van der Waals surface area contributed by atoms with Gasteiger partial charge in [-0.1, -0.05) is 158 Å².